The maximum Gasteiger partial charge on any atom is 0.339 e. The standard InChI is InChI=1S/C20H27NO3S2/c1-3-5-6-10-13-18(26-20(25)23-4-2)14-17(15-21)24-19(22)16-11-8-7-9-12-16/h7-9,11-12,17-18H,3-6,10,13-14H2,1-2H3. The van der Waals surface area contributed by atoms with E-state index in [1.54, 1.807) is 24.3 Å². The van der Waals surface area contributed by atoms with E-state index in [-0.39, 0.29) is 5.25 Å². The lowest BCUT2D eigenvalue weighted by molar-refractivity contribution is 0.0392. The van der Waals surface area contributed by atoms with Crippen LogP contribution in [0.15, 0.2) is 30.3 Å². The van der Waals surface area contributed by atoms with Gasteiger partial charge in [-0.15, -0.1) is 0 Å². The summed E-state index contributed by atoms with van der Waals surface area (Å²) in [5.41, 5.74) is 0.449. The molecule has 2 atom stereocenters. The number of unbranched alkanes of at least 4 members (excludes halogenated alkanes) is 3. The number of carbonyl (C=O) groups excluding carboxylic acids is 1. The summed E-state index contributed by atoms with van der Waals surface area (Å²) in [6.45, 7) is 4.59. The number of ether oxygens (including phenoxy) is 2. The van der Waals surface area contributed by atoms with E-state index in [1.165, 1.54) is 24.6 Å². The number of carbonyl (C=O) groups is 1. The second kappa shape index (κ2) is 13.6. The molecule has 1 aromatic rings. The number of nitrogens with zero attached hydrogens (tertiary/aromatic N) is 1. The lowest BCUT2D eigenvalue weighted by Gasteiger charge is -2.20. The van der Waals surface area contributed by atoms with E-state index in [9.17, 15) is 10.1 Å². The molecule has 0 fully saturated rings. The van der Waals surface area contributed by atoms with Gasteiger partial charge in [-0.25, -0.2) is 4.79 Å². The molecular formula is C20H27NO3S2. The number of nitriles is 1. The van der Waals surface area contributed by atoms with Crippen LogP contribution in [0.5, 0.6) is 0 Å². The highest BCUT2D eigenvalue weighted by Gasteiger charge is 2.22. The lowest BCUT2D eigenvalue weighted by atomic mass is 10.1. The maximum atomic E-state index is 12.2. The predicted molar refractivity (Wildman–Crippen MR) is 110 cm³/mol. The molecule has 0 amide bonds. The second-order valence-electron chi connectivity index (χ2n) is 5.90. The zero-order chi connectivity index (χ0) is 19.2. The fourth-order valence-electron chi connectivity index (χ4n) is 2.45. The molecule has 1 rings (SSSR count). The van der Waals surface area contributed by atoms with Crippen LogP contribution in [0, 0.1) is 11.3 Å². The summed E-state index contributed by atoms with van der Waals surface area (Å²) in [5, 5.41) is 9.51. The Morgan fingerprint density at radius 3 is 2.58 bits per heavy atom. The van der Waals surface area contributed by atoms with Gasteiger partial charge in [0.05, 0.1) is 12.2 Å². The molecule has 0 N–H and O–H groups in total. The number of hydrogen-bond acceptors (Lipinski definition) is 6. The fourth-order valence-corrected chi connectivity index (χ4v) is 3.99. The van der Waals surface area contributed by atoms with Crippen LogP contribution in [0.25, 0.3) is 0 Å². The molecule has 2 unspecified atom stereocenters. The van der Waals surface area contributed by atoms with Gasteiger partial charge in [-0.05, 0) is 37.7 Å². The van der Waals surface area contributed by atoms with Crippen LogP contribution in [0.1, 0.15) is 62.7 Å². The van der Waals surface area contributed by atoms with E-state index in [4.69, 9.17) is 21.7 Å². The van der Waals surface area contributed by atoms with Crippen molar-refractivity contribution >= 4 is 34.3 Å². The number of hydrogen-bond donors (Lipinski definition) is 0. The fraction of sp³-hybridized carbons (Fsp3) is 0.550. The van der Waals surface area contributed by atoms with E-state index >= 15 is 0 Å². The van der Waals surface area contributed by atoms with Crippen molar-refractivity contribution in [2.24, 2.45) is 0 Å². The Morgan fingerprint density at radius 1 is 1.23 bits per heavy atom. The molecule has 0 aliphatic carbocycles. The first-order valence-corrected chi connectivity index (χ1v) is 10.4. The second-order valence-corrected chi connectivity index (χ2v) is 7.80. The van der Waals surface area contributed by atoms with E-state index in [0.29, 0.717) is 23.0 Å². The topological polar surface area (TPSA) is 59.3 Å². The quantitative estimate of drug-likeness (QED) is 0.280. The molecule has 0 aliphatic rings. The van der Waals surface area contributed by atoms with Crippen molar-refractivity contribution in [3.05, 3.63) is 35.9 Å². The zero-order valence-corrected chi connectivity index (χ0v) is 17.1. The van der Waals surface area contributed by atoms with Crippen molar-refractivity contribution in [1.82, 2.24) is 0 Å². The van der Waals surface area contributed by atoms with Crippen LogP contribution < -0.4 is 0 Å². The van der Waals surface area contributed by atoms with Crippen LogP contribution in [-0.2, 0) is 9.47 Å². The van der Waals surface area contributed by atoms with Gasteiger partial charge >= 0.3 is 5.97 Å². The average Bonchev–Trinajstić information content (AvgIpc) is 2.65. The molecule has 0 aliphatic heterocycles. The third-order valence-corrected chi connectivity index (χ3v) is 5.26. The number of rotatable bonds is 11. The summed E-state index contributed by atoms with van der Waals surface area (Å²) < 4.78 is 11.2. The molecule has 0 radical (unpaired) electrons. The molecule has 6 heteroatoms. The monoisotopic (exact) mass is 393 g/mol. The van der Waals surface area contributed by atoms with Gasteiger partial charge in [0.15, 0.2) is 6.10 Å². The molecule has 0 saturated carbocycles. The van der Waals surface area contributed by atoms with Gasteiger partial charge < -0.3 is 9.47 Å². The highest BCUT2D eigenvalue weighted by atomic mass is 32.2. The summed E-state index contributed by atoms with van der Waals surface area (Å²) in [6, 6.07) is 10.8. The summed E-state index contributed by atoms with van der Waals surface area (Å²) in [4.78, 5) is 12.2. The maximum absolute atomic E-state index is 12.2. The minimum absolute atomic E-state index is 0.0964. The van der Waals surface area contributed by atoms with Gasteiger partial charge in [0.1, 0.15) is 6.07 Å². The van der Waals surface area contributed by atoms with Crippen molar-refractivity contribution in [3.63, 3.8) is 0 Å². The molecule has 0 aromatic heterocycles. The third-order valence-electron chi connectivity index (χ3n) is 3.78. The Hall–Kier alpha value is -1.58. The summed E-state index contributed by atoms with van der Waals surface area (Å²) >= 11 is 6.70. The average molecular weight is 394 g/mol. The Morgan fingerprint density at radius 2 is 1.96 bits per heavy atom. The Balaban J connectivity index is 2.63. The zero-order valence-electron chi connectivity index (χ0n) is 15.5. The molecule has 0 bridgehead atoms. The Labute approximate surface area is 166 Å². The molecular weight excluding hydrogens is 366 g/mol. The first kappa shape index (κ1) is 22.5. The van der Waals surface area contributed by atoms with Gasteiger partial charge in [0, 0.05) is 11.7 Å². The van der Waals surface area contributed by atoms with Crippen LogP contribution in [0.4, 0.5) is 0 Å². The van der Waals surface area contributed by atoms with Crippen LogP contribution in [0.2, 0.25) is 0 Å². The first-order chi connectivity index (χ1) is 12.6. The molecule has 0 spiro atoms. The predicted octanol–water partition coefficient (Wildman–Crippen LogP) is 5.52. The van der Waals surface area contributed by atoms with Gasteiger partial charge in [-0.1, -0.05) is 62.6 Å². The summed E-state index contributed by atoms with van der Waals surface area (Å²) in [5.74, 6) is -0.473. The van der Waals surface area contributed by atoms with Crippen molar-refractivity contribution in [1.29, 1.82) is 5.26 Å². The van der Waals surface area contributed by atoms with E-state index in [0.717, 1.165) is 19.3 Å². The molecule has 1 aromatic carbocycles. The van der Waals surface area contributed by atoms with Crippen molar-refractivity contribution in [2.45, 2.75) is 63.7 Å². The summed E-state index contributed by atoms with van der Waals surface area (Å²) in [7, 11) is 0. The highest BCUT2D eigenvalue weighted by Crippen LogP contribution is 2.26. The first-order valence-electron chi connectivity index (χ1n) is 9.09. The minimum Gasteiger partial charge on any atom is -0.479 e. The van der Waals surface area contributed by atoms with Crippen LogP contribution in [-0.4, -0.2) is 28.3 Å². The van der Waals surface area contributed by atoms with Gasteiger partial charge in [0.25, 0.3) is 0 Å². The number of esters is 1. The molecule has 0 heterocycles. The van der Waals surface area contributed by atoms with Crippen LogP contribution in [0.3, 0.4) is 0 Å². The van der Waals surface area contributed by atoms with Crippen molar-refractivity contribution < 1.29 is 14.3 Å². The largest absolute Gasteiger partial charge is 0.479 e. The molecule has 0 saturated heterocycles. The van der Waals surface area contributed by atoms with Crippen molar-refractivity contribution in [3.8, 4) is 6.07 Å². The normalized spacial score (nSPS) is 12.7. The molecule has 4 nitrogen and oxygen atoms in total. The van der Waals surface area contributed by atoms with Gasteiger partial charge in [-0.2, -0.15) is 5.26 Å². The number of benzene rings is 1. The van der Waals surface area contributed by atoms with Crippen molar-refractivity contribution in [2.75, 3.05) is 6.61 Å². The molecule has 142 valence electrons. The number of thiocarbonyl (C=S) groups is 1. The van der Waals surface area contributed by atoms with Gasteiger partial charge in [0.2, 0.25) is 4.38 Å². The molecule has 26 heavy (non-hydrogen) atoms. The van der Waals surface area contributed by atoms with Gasteiger partial charge in [-0.3, -0.25) is 0 Å². The minimum atomic E-state index is -0.796. The third kappa shape index (κ3) is 9.21. The van der Waals surface area contributed by atoms with E-state index in [2.05, 4.69) is 13.0 Å². The Bertz CT molecular complexity index is 586. The SMILES string of the molecule is CCCCCCC(CC(C#N)OC(=O)c1ccccc1)SC(=S)OCC. The highest BCUT2D eigenvalue weighted by molar-refractivity contribution is 8.23. The summed E-state index contributed by atoms with van der Waals surface area (Å²) in [6.07, 6.45) is 5.14. The smallest absolute Gasteiger partial charge is 0.339 e. The lowest BCUT2D eigenvalue weighted by Crippen LogP contribution is -2.22. The van der Waals surface area contributed by atoms with E-state index in [1.807, 2.05) is 13.0 Å². The Kier molecular flexibility index (Phi) is 11.7. The van der Waals surface area contributed by atoms with Crippen LogP contribution >= 0.6 is 24.0 Å². The number of thioether (sulfide) groups is 1. The van der Waals surface area contributed by atoms with E-state index < -0.39 is 12.1 Å².